The monoisotopic (exact) mass is 240 g/mol. The van der Waals surface area contributed by atoms with Gasteiger partial charge in [0.15, 0.2) is 5.65 Å². The van der Waals surface area contributed by atoms with Crippen LogP contribution < -0.4 is 0 Å². The number of nitrogens with zero attached hydrogens (tertiary/aromatic N) is 3. The summed E-state index contributed by atoms with van der Waals surface area (Å²) in [6.07, 6.45) is 12.4. The van der Waals surface area contributed by atoms with E-state index in [1.807, 2.05) is 18.6 Å². The first kappa shape index (κ1) is 10.1. The van der Waals surface area contributed by atoms with Gasteiger partial charge in [-0.2, -0.15) is 0 Å². The Kier molecular flexibility index (Phi) is 2.15. The molecule has 0 unspecified atom stereocenters. The third-order valence-corrected chi connectivity index (χ3v) is 4.06. The molecule has 3 aromatic rings. The molecule has 0 radical (unpaired) electrons. The predicted molar refractivity (Wildman–Crippen MR) is 70.7 cm³/mol. The van der Waals surface area contributed by atoms with Gasteiger partial charge >= 0.3 is 0 Å². The van der Waals surface area contributed by atoms with Gasteiger partial charge in [0.1, 0.15) is 5.82 Å². The number of hydrogen-bond acceptors (Lipinski definition) is 2. The van der Waals surface area contributed by atoms with E-state index in [1.165, 1.54) is 37.9 Å². The quantitative estimate of drug-likeness (QED) is 0.709. The molecular weight excluding hydrogens is 224 g/mol. The topological polar surface area (TPSA) is 46.0 Å². The fourth-order valence-electron chi connectivity index (χ4n) is 3.15. The van der Waals surface area contributed by atoms with Crippen molar-refractivity contribution in [2.75, 3.05) is 0 Å². The van der Waals surface area contributed by atoms with Gasteiger partial charge in [-0.25, -0.2) is 9.97 Å². The molecule has 1 aliphatic rings. The molecule has 0 aliphatic heterocycles. The average Bonchev–Trinajstić information content (AvgIpc) is 3.05. The van der Waals surface area contributed by atoms with Crippen LogP contribution in [0.25, 0.3) is 16.7 Å². The van der Waals surface area contributed by atoms with Crippen molar-refractivity contribution in [2.24, 2.45) is 0 Å². The average molecular weight is 240 g/mol. The Balaban J connectivity index is 1.96. The number of fused-ring (bicyclic) bond motifs is 3. The van der Waals surface area contributed by atoms with E-state index in [2.05, 4.69) is 25.4 Å². The van der Waals surface area contributed by atoms with E-state index in [-0.39, 0.29) is 0 Å². The number of nitrogens with one attached hydrogen (secondary N) is 1. The highest BCUT2D eigenvalue weighted by atomic mass is 15.1. The molecule has 0 aromatic carbocycles. The maximum atomic E-state index is 4.66. The summed E-state index contributed by atoms with van der Waals surface area (Å²) in [4.78, 5) is 12.2. The van der Waals surface area contributed by atoms with Crippen LogP contribution in [0.3, 0.4) is 0 Å². The Morgan fingerprint density at radius 3 is 2.83 bits per heavy atom. The molecule has 1 N–H and O–H groups in total. The standard InChI is InChI=1S/C14H16N4/c1-2-4-10(5-3-1)14-17-9-11-8-16-13-12(18(11)14)6-7-15-13/h6-10,15H,1-5H2. The zero-order valence-electron chi connectivity index (χ0n) is 10.3. The highest BCUT2D eigenvalue weighted by Gasteiger charge is 2.20. The second kappa shape index (κ2) is 3.83. The summed E-state index contributed by atoms with van der Waals surface area (Å²) in [6.45, 7) is 0. The molecule has 4 heteroatoms. The Labute approximate surface area is 105 Å². The molecule has 4 nitrogen and oxygen atoms in total. The van der Waals surface area contributed by atoms with Crippen molar-refractivity contribution in [1.29, 1.82) is 0 Å². The van der Waals surface area contributed by atoms with Crippen LogP contribution in [-0.2, 0) is 0 Å². The second-order valence-electron chi connectivity index (χ2n) is 5.18. The SMILES string of the molecule is c1cc2c(ncc3cnc(C4CCCCC4)n32)[nH]1. The summed E-state index contributed by atoms with van der Waals surface area (Å²) in [5.41, 5.74) is 3.19. The fraction of sp³-hybridized carbons (Fsp3) is 0.429. The first-order chi connectivity index (χ1) is 8.93. The molecule has 1 aliphatic carbocycles. The van der Waals surface area contributed by atoms with E-state index in [0.717, 1.165) is 16.7 Å². The van der Waals surface area contributed by atoms with Crippen molar-refractivity contribution in [2.45, 2.75) is 38.0 Å². The highest BCUT2D eigenvalue weighted by Crippen LogP contribution is 2.33. The van der Waals surface area contributed by atoms with Crippen LogP contribution in [0.5, 0.6) is 0 Å². The normalized spacial score (nSPS) is 17.8. The lowest BCUT2D eigenvalue weighted by Crippen LogP contribution is -2.09. The van der Waals surface area contributed by atoms with Gasteiger partial charge in [-0.05, 0) is 18.9 Å². The van der Waals surface area contributed by atoms with E-state index in [9.17, 15) is 0 Å². The first-order valence-electron chi connectivity index (χ1n) is 6.73. The van der Waals surface area contributed by atoms with Crippen LogP contribution in [0.1, 0.15) is 43.8 Å². The number of aromatic nitrogens is 4. The molecule has 18 heavy (non-hydrogen) atoms. The lowest BCUT2D eigenvalue weighted by molar-refractivity contribution is 0.428. The van der Waals surface area contributed by atoms with E-state index in [1.54, 1.807) is 0 Å². The third-order valence-electron chi connectivity index (χ3n) is 4.06. The molecule has 1 fully saturated rings. The zero-order chi connectivity index (χ0) is 11.9. The number of H-pyrrole nitrogens is 1. The van der Waals surface area contributed by atoms with Gasteiger partial charge in [0.25, 0.3) is 0 Å². The lowest BCUT2D eigenvalue weighted by Gasteiger charge is -2.20. The summed E-state index contributed by atoms with van der Waals surface area (Å²) in [5, 5.41) is 0. The van der Waals surface area contributed by atoms with Crippen molar-refractivity contribution in [3.63, 3.8) is 0 Å². The first-order valence-corrected chi connectivity index (χ1v) is 6.73. The molecular formula is C14H16N4. The van der Waals surface area contributed by atoms with Crippen LogP contribution in [0.15, 0.2) is 24.7 Å². The fourth-order valence-corrected chi connectivity index (χ4v) is 3.15. The summed E-state index contributed by atoms with van der Waals surface area (Å²) in [5.74, 6) is 1.83. The minimum absolute atomic E-state index is 0.613. The van der Waals surface area contributed by atoms with Crippen LogP contribution in [0, 0.1) is 0 Å². The maximum Gasteiger partial charge on any atom is 0.154 e. The van der Waals surface area contributed by atoms with Crippen LogP contribution in [0.4, 0.5) is 0 Å². The van der Waals surface area contributed by atoms with Crippen molar-refractivity contribution >= 4 is 16.7 Å². The minimum Gasteiger partial charge on any atom is -0.345 e. The molecule has 3 heterocycles. The lowest BCUT2D eigenvalue weighted by atomic mass is 9.89. The van der Waals surface area contributed by atoms with E-state index in [4.69, 9.17) is 0 Å². The Morgan fingerprint density at radius 2 is 1.94 bits per heavy atom. The smallest absolute Gasteiger partial charge is 0.154 e. The molecule has 0 saturated heterocycles. The highest BCUT2D eigenvalue weighted by molar-refractivity contribution is 5.75. The largest absolute Gasteiger partial charge is 0.345 e. The molecule has 0 spiro atoms. The Bertz CT molecular complexity index is 688. The van der Waals surface area contributed by atoms with Crippen molar-refractivity contribution in [1.82, 2.24) is 19.4 Å². The van der Waals surface area contributed by atoms with Crippen molar-refractivity contribution in [3.8, 4) is 0 Å². The number of aromatic amines is 1. The molecule has 3 aromatic heterocycles. The summed E-state index contributed by atoms with van der Waals surface area (Å²) < 4.78 is 2.27. The molecule has 4 rings (SSSR count). The van der Waals surface area contributed by atoms with Gasteiger partial charge in [0.05, 0.1) is 23.4 Å². The molecule has 92 valence electrons. The van der Waals surface area contributed by atoms with Crippen LogP contribution in [0.2, 0.25) is 0 Å². The van der Waals surface area contributed by atoms with E-state index in [0.29, 0.717) is 5.92 Å². The summed E-state index contributed by atoms with van der Waals surface area (Å²) >= 11 is 0. The molecule has 0 bridgehead atoms. The van der Waals surface area contributed by atoms with Gasteiger partial charge in [0.2, 0.25) is 0 Å². The number of imidazole rings is 1. The third kappa shape index (κ3) is 1.38. The van der Waals surface area contributed by atoms with Crippen molar-refractivity contribution in [3.05, 3.63) is 30.5 Å². The Hall–Kier alpha value is -1.84. The van der Waals surface area contributed by atoms with Crippen LogP contribution >= 0.6 is 0 Å². The van der Waals surface area contributed by atoms with Crippen molar-refractivity contribution < 1.29 is 0 Å². The van der Waals surface area contributed by atoms with E-state index < -0.39 is 0 Å². The van der Waals surface area contributed by atoms with E-state index >= 15 is 0 Å². The van der Waals surface area contributed by atoms with Gasteiger partial charge in [-0.3, -0.25) is 4.40 Å². The minimum atomic E-state index is 0.613. The van der Waals surface area contributed by atoms with Gasteiger partial charge in [-0.1, -0.05) is 19.3 Å². The molecule has 1 saturated carbocycles. The summed E-state index contributed by atoms with van der Waals surface area (Å²) in [7, 11) is 0. The zero-order valence-corrected chi connectivity index (χ0v) is 10.3. The Morgan fingerprint density at radius 1 is 1.11 bits per heavy atom. The molecule has 0 atom stereocenters. The predicted octanol–water partition coefficient (Wildman–Crippen LogP) is 3.26. The number of rotatable bonds is 1. The van der Waals surface area contributed by atoms with Gasteiger partial charge in [-0.15, -0.1) is 0 Å². The van der Waals surface area contributed by atoms with Gasteiger partial charge < -0.3 is 4.98 Å². The maximum absolute atomic E-state index is 4.66. The second-order valence-corrected chi connectivity index (χ2v) is 5.18. The molecule has 0 amide bonds. The van der Waals surface area contributed by atoms with Crippen LogP contribution in [-0.4, -0.2) is 19.4 Å². The summed E-state index contributed by atoms with van der Waals surface area (Å²) in [6, 6.07) is 2.09. The van der Waals surface area contributed by atoms with Gasteiger partial charge in [0, 0.05) is 12.1 Å². The number of hydrogen-bond donors (Lipinski definition) is 1.